The topological polar surface area (TPSA) is 44.4 Å². The summed E-state index contributed by atoms with van der Waals surface area (Å²) in [5.74, 6) is -1.12. The van der Waals surface area contributed by atoms with Crippen molar-refractivity contribution in [2.45, 2.75) is 32.2 Å². The van der Waals surface area contributed by atoms with Crippen molar-refractivity contribution >= 4 is 11.6 Å². The molecule has 1 saturated heterocycles. The van der Waals surface area contributed by atoms with Crippen LogP contribution in [0.4, 0.5) is 14.5 Å². The number of anilines is 1. The molecular weight excluding hydrogens is 360 g/mol. The van der Waals surface area contributed by atoms with Gasteiger partial charge in [0.2, 0.25) is 5.91 Å². The first-order valence-corrected chi connectivity index (χ1v) is 9.86. The van der Waals surface area contributed by atoms with Crippen molar-refractivity contribution in [3.8, 4) is 0 Å². The number of carbonyl (C=O) groups is 1. The molecule has 150 valence electrons. The first kappa shape index (κ1) is 20.3. The second-order valence-corrected chi connectivity index (χ2v) is 7.18. The number of nitrogens with one attached hydrogen (secondary N) is 2. The zero-order chi connectivity index (χ0) is 19.8. The molecule has 0 bridgehead atoms. The maximum Gasteiger partial charge on any atom is 0.224 e. The van der Waals surface area contributed by atoms with E-state index in [9.17, 15) is 13.6 Å². The molecule has 0 aliphatic carbocycles. The number of piperidine rings is 1. The minimum absolute atomic E-state index is 0.00569. The molecule has 0 aromatic heterocycles. The van der Waals surface area contributed by atoms with Crippen LogP contribution in [0.25, 0.3) is 0 Å². The summed E-state index contributed by atoms with van der Waals surface area (Å²) in [6.45, 7) is 3.89. The maximum absolute atomic E-state index is 13.7. The van der Waals surface area contributed by atoms with E-state index in [1.807, 2.05) is 24.3 Å². The molecule has 1 fully saturated rings. The van der Waals surface area contributed by atoms with Crippen LogP contribution >= 0.6 is 0 Å². The van der Waals surface area contributed by atoms with Crippen molar-refractivity contribution in [3.05, 3.63) is 65.2 Å². The van der Waals surface area contributed by atoms with E-state index >= 15 is 0 Å². The van der Waals surface area contributed by atoms with Crippen LogP contribution in [-0.4, -0.2) is 37.0 Å². The van der Waals surface area contributed by atoms with Gasteiger partial charge in [0, 0.05) is 30.9 Å². The molecule has 0 atom stereocenters. The Morgan fingerprint density at radius 3 is 2.32 bits per heavy atom. The highest BCUT2D eigenvalue weighted by molar-refractivity contribution is 5.78. The highest BCUT2D eigenvalue weighted by atomic mass is 19.1. The molecule has 0 radical (unpaired) electrons. The molecule has 1 aliphatic rings. The van der Waals surface area contributed by atoms with Crippen molar-refractivity contribution in [1.82, 2.24) is 10.2 Å². The van der Waals surface area contributed by atoms with Crippen LogP contribution in [0, 0.1) is 11.6 Å². The number of benzene rings is 2. The fourth-order valence-corrected chi connectivity index (χ4v) is 3.42. The highest BCUT2D eigenvalue weighted by Crippen LogP contribution is 2.16. The average Bonchev–Trinajstić information content (AvgIpc) is 2.70. The van der Waals surface area contributed by atoms with Gasteiger partial charge in [0.05, 0.1) is 6.42 Å². The molecule has 1 amide bonds. The summed E-state index contributed by atoms with van der Waals surface area (Å²) in [5, 5.41) is 5.98. The minimum Gasteiger partial charge on any atom is -0.381 e. The molecule has 1 heterocycles. The number of rotatable bonds is 8. The van der Waals surface area contributed by atoms with E-state index in [4.69, 9.17) is 0 Å². The molecule has 0 unspecified atom stereocenters. The van der Waals surface area contributed by atoms with Crippen LogP contribution in [0.3, 0.4) is 0 Å². The van der Waals surface area contributed by atoms with Gasteiger partial charge < -0.3 is 15.5 Å². The van der Waals surface area contributed by atoms with Gasteiger partial charge in [0.1, 0.15) is 11.6 Å². The maximum atomic E-state index is 13.7. The largest absolute Gasteiger partial charge is 0.381 e. The van der Waals surface area contributed by atoms with Crippen LogP contribution in [0.1, 0.15) is 30.4 Å². The lowest BCUT2D eigenvalue weighted by molar-refractivity contribution is -0.120. The van der Waals surface area contributed by atoms with E-state index in [0.29, 0.717) is 13.0 Å². The van der Waals surface area contributed by atoms with Crippen molar-refractivity contribution < 1.29 is 13.6 Å². The Bertz CT molecular complexity index is 754. The van der Waals surface area contributed by atoms with Crippen molar-refractivity contribution in [2.24, 2.45) is 0 Å². The third-order valence-electron chi connectivity index (χ3n) is 5.05. The average molecular weight is 387 g/mol. The fourth-order valence-electron chi connectivity index (χ4n) is 3.42. The van der Waals surface area contributed by atoms with E-state index < -0.39 is 11.6 Å². The fraction of sp³-hybridized carbons (Fsp3) is 0.409. The summed E-state index contributed by atoms with van der Waals surface area (Å²) < 4.78 is 27.3. The van der Waals surface area contributed by atoms with Gasteiger partial charge in [0.15, 0.2) is 0 Å². The minimum atomic E-state index is -0.564. The Balaban J connectivity index is 1.41. The molecule has 3 rings (SSSR count). The predicted octanol–water partition coefficient (Wildman–Crippen LogP) is 3.72. The second-order valence-electron chi connectivity index (χ2n) is 7.18. The third-order valence-corrected chi connectivity index (χ3v) is 5.05. The SMILES string of the molecule is O=C(Cc1ccc(NCc2c(F)cccc2F)cc1)NCCN1CCCCC1. The molecule has 28 heavy (non-hydrogen) atoms. The van der Waals surface area contributed by atoms with E-state index in [-0.39, 0.29) is 18.0 Å². The Morgan fingerprint density at radius 2 is 1.64 bits per heavy atom. The van der Waals surface area contributed by atoms with E-state index in [2.05, 4.69) is 15.5 Å². The van der Waals surface area contributed by atoms with Crippen LogP contribution in [0.5, 0.6) is 0 Å². The lowest BCUT2D eigenvalue weighted by atomic mass is 10.1. The van der Waals surface area contributed by atoms with Crippen LogP contribution < -0.4 is 10.6 Å². The summed E-state index contributed by atoms with van der Waals surface area (Å²) in [6.07, 6.45) is 4.13. The number of hydrogen-bond donors (Lipinski definition) is 2. The molecule has 2 aromatic carbocycles. The molecule has 2 aromatic rings. The molecule has 6 heteroatoms. The molecule has 4 nitrogen and oxygen atoms in total. The standard InChI is InChI=1S/C22H27F2N3O/c23-20-5-4-6-21(24)19(20)16-26-18-9-7-17(8-10-18)15-22(28)25-11-14-27-12-2-1-3-13-27/h4-10,26H,1-3,11-16H2,(H,25,28). The van der Waals surface area contributed by atoms with Crippen LogP contribution in [0.2, 0.25) is 0 Å². The quantitative estimate of drug-likeness (QED) is 0.726. The van der Waals surface area contributed by atoms with E-state index in [1.165, 1.54) is 37.5 Å². The zero-order valence-corrected chi connectivity index (χ0v) is 16.0. The number of likely N-dealkylation sites (tertiary alicyclic amines) is 1. The number of amides is 1. The summed E-state index contributed by atoms with van der Waals surface area (Å²) in [7, 11) is 0. The van der Waals surface area contributed by atoms with Gasteiger partial charge >= 0.3 is 0 Å². The smallest absolute Gasteiger partial charge is 0.224 e. The number of carbonyl (C=O) groups excluding carboxylic acids is 1. The normalized spacial score (nSPS) is 14.6. The third kappa shape index (κ3) is 6.02. The lowest BCUT2D eigenvalue weighted by Gasteiger charge is -2.26. The Hall–Kier alpha value is -2.47. The second kappa shape index (κ2) is 10.2. The van der Waals surface area contributed by atoms with E-state index in [1.54, 1.807) is 0 Å². The lowest BCUT2D eigenvalue weighted by Crippen LogP contribution is -2.38. The van der Waals surface area contributed by atoms with Crippen molar-refractivity contribution in [2.75, 3.05) is 31.5 Å². The number of hydrogen-bond acceptors (Lipinski definition) is 3. The number of nitrogens with zero attached hydrogens (tertiary/aromatic N) is 1. The molecular formula is C22H27F2N3O. The highest BCUT2D eigenvalue weighted by Gasteiger charge is 2.11. The van der Waals surface area contributed by atoms with Gasteiger partial charge in [0.25, 0.3) is 0 Å². The Labute approximate surface area is 164 Å². The molecule has 2 N–H and O–H groups in total. The van der Waals surface area contributed by atoms with Crippen molar-refractivity contribution in [3.63, 3.8) is 0 Å². The van der Waals surface area contributed by atoms with Crippen LogP contribution in [0.15, 0.2) is 42.5 Å². The van der Waals surface area contributed by atoms with Gasteiger partial charge in [-0.25, -0.2) is 8.78 Å². The first-order valence-electron chi connectivity index (χ1n) is 9.86. The van der Waals surface area contributed by atoms with Gasteiger partial charge in [-0.05, 0) is 55.8 Å². The van der Waals surface area contributed by atoms with Gasteiger partial charge in [-0.1, -0.05) is 24.6 Å². The Morgan fingerprint density at radius 1 is 0.964 bits per heavy atom. The monoisotopic (exact) mass is 387 g/mol. The van der Waals surface area contributed by atoms with E-state index in [0.717, 1.165) is 30.9 Å². The van der Waals surface area contributed by atoms with Gasteiger partial charge in [-0.3, -0.25) is 4.79 Å². The summed E-state index contributed by atoms with van der Waals surface area (Å²) in [5.41, 5.74) is 1.66. The van der Waals surface area contributed by atoms with Gasteiger partial charge in [-0.2, -0.15) is 0 Å². The Kier molecular flexibility index (Phi) is 7.37. The first-order chi connectivity index (χ1) is 13.6. The molecule has 0 spiro atoms. The van der Waals surface area contributed by atoms with Crippen LogP contribution in [-0.2, 0) is 17.8 Å². The summed E-state index contributed by atoms with van der Waals surface area (Å²) >= 11 is 0. The predicted molar refractivity (Wildman–Crippen MR) is 107 cm³/mol. The number of halogens is 2. The van der Waals surface area contributed by atoms with Gasteiger partial charge in [-0.15, -0.1) is 0 Å². The summed E-state index contributed by atoms with van der Waals surface area (Å²) in [4.78, 5) is 14.5. The summed E-state index contributed by atoms with van der Waals surface area (Å²) in [6, 6.07) is 11.2. The molecule has 1 aliphatic heterocycles. The van der Waals surface area contributed by atoms with Crippen molar-refractivity contribution in [1.29, 1.82) is 0 Å². The zero-order valence-electron chi connectivity index (χ0n) is 16.0. The molecule has 0 saturated carbocycles.